The van der Waals surface area contributed by atoms with Gasteiger partial charge in [-0.1, -0.05) is 6.92 Å². The Morgan fingerprint density at radius 2 is 2.33 bits per heavy atom. The fourth-order valence-corrected chi connectivity index (χ4v) is 1.75. The third-order valence-electron chi connectivity index (χ3n) is 1.81. The molecule has 0 bridgehead atoms. The van der Waals surface area contributed by atoms with E-state index in [0.717, 1.165) is 23.4 Å². The van der Waals surface area contributed by atoms with Crippen molar-refractivity contribution in [3.05, 3.63) is 16.1 Å². The number of aromatic nitrogens is 1. The van der Waals surface area contributed by atoms with E-state index < -0.39 is 5.41 Å². The van der Waals surface area contributed by atoms with Crippen molar-refractivity contribution < 1.29 is 4.79 Å². The number of carbonyl (C=O) groups is 1. The summed E-state index contributed by atoms with van der Waals surface area (Å²) in [5.74, 6) is 0. The molecule has 0 saturated carbocycles. The van der Waals surface area contributed by atoms with Crippen LogP contribution in [0.25, 0.3) is 0 Å². The molecule has 0 unspecified atom stereocenters. The molecule has 0 aliphatic heterocycles. The van der Waals surface area contributed by atoms with Gasteiger partial charge in [-0.05, 0) is 20.3 Å². The van der Waals surface area contributed by atoms with Crippen LogP contribution in [-0.4, -0.2) is 11.3 Å². The van der Waals surface area contributed by atoms with Crippen LogP contribution in [0.5, 0.6) is 0 Å². The van der Waals surface area contributed by atoms with E-state index in [4.69, 9.17) is 0 Å². The van der Waals surface area contributed by atoms with E-state index in [-0.39, 0.29) is 0 Å². The van der Waals surface area contributed by atoms with Crippen molar-refractivity contribution in [1.29, 1.82) is 0 Å². The summed E-state index contributed by atoms with van der Waals surface area (Å²) >= 11 is 1.62. The Bertz CT molecular complexity index is 278. The summed E-state index contributed by atoms with van der Waals surface area (Å²) < 4.78 is 0. The average molecular weight is 183 g/mol. The zero-order valence-corrected chi connectivity index (χ0v) is 8.44. The molecule has 0 aliphatic rings. The molecule has 2 nitrogen and oxygen atoms in total. The van der Waals surface area contributed by atoms with Crippen LogP contribution < -0.4 is 0 Å². The molecule has 0 radical (unpaired) electrons. The fraction of sp³-hybridized carbons (Fsp3) is 0.556. The minimum absolute atomic E-state index is 0.427. The maximum Gasteiger partial charge on any atom is 0.131 e. The third kappa shape index (κ3) is 1.72. The number of hydrogen-bond acceptors (Lipinski definition) is 3. The number of nitrogens with zero attached hydrogens (tertiary/aromatic N) is 1. The standard InChI is InChI=1S/C9H13NOS/c1-4-8-10-7(5-12-8)9(2,3)6-11/h5-6H,4H2,1-3H3. The molecule has 0 saturated heterocycles. The second-order valence-corrected chi connectivity index (χ2v) is 4.26. The zero-order chi connectivity index (χ0) is 9.19. The van der Waals surface area contributed by atoms with Gasteiger partial charge in [0.15, 0.2) is 0 Å². The van der Waals surface area contributed by atoms with E-state index >= 15 is 0 Å². The lowest BCUT2D eigenvalue weighted by Crippen LogP contribution is -2.19. The molecule has 0 N–H and O–H groups in total. The highest BCUT2D eigenvalue weighted by Crippen LogP contribution is 2.22. The summed E-state index contributed by atoms with van der Waals surface area (Å²) in [6.45, 7) is 5.83. The van der Waals surface area contributed by atoms with Gasteiger partial charge in [0.05, 0.1) is 16.1 Å². The summed E-state index contributed by atoms with van der Waals surface area (Å²) in [5, 5.41) is 3.06. The van der Waals surface area contributed by atoms with Crippen LogP contribution in [0.4, 0.5) is 0 Å². The number of aldehydes is 1. The van der Waals surface area contributed by atoms with Gasteiger partial charge in [-0.25, -0.2) is 4.98 Å². The van der Waals surface area contributed by atoms with Crippen LogP contribution in [0.1, 0.15) is 31.5 Å². The zero-order valence-electron chi connectivity index (χ0n) is 7.63. The maximum atomic E-state index is 10.7. The Kier molecular flexibility index (Phi) is 2.62. The highest BCUT2D eigenvalue weighted by Gasteiger charge is 2.22. The van der Waals surface area contributed by atoms with Gasteiger partial charge in [0, 0.05) is 5.38 Å². The Labute approximate surface area is 76.6 Å². The molecule has 3 heteroatoms. The van der Waals surface area contributed by atoms with Crippen LogP contribution in [0, 0.1) is 0 Å². The van der Waals surface area contributed by atoms with Crippen molar-refractivity contribution in [2.24, 2.45) is 0 Å². The van der Waals surface area contributed by atoms with Crippen molar-refractivity contribution >= 4 is 17.6 Å². The molecule has 1 rings (SSSR count). The molecule has 0 fully saturated rings. The number of thiazole rings is 1. The summed E-state index contributed by atoms with van der Waals surface area (Å²) in [7, 11) is 0. The lowest BCUT2D eigenvalue weighted by Gasteiger charge is -2.12. The predicted octanol–water partition coefficient (Wildman–Crippen LogP) is 2.18. The van der Waals surface area contributed by atoms with Crippen molar-refractivity contribution in [2.75, 3.05) is 0 Å². The van der Waals surface area contributed by atoms with Gasteiger partial charge in [-0.2, -0.15) is 0 Å². The first-order chi connectivity index (χ1) is 5.60. The van der Waals surface area contributed by atoms with Gasteiger partial charge in [-0.15, -0.1) is 11.3 Å². The van der Waals surface area contributed by atoms with Crippen molar-refractivity contribution in [2.45, 2.75) is 32.6 Å². The van der Waals surface area contributed by atoms with E-state index in [1.54, 1.807) is 11.3 Å². The highest BCUT2D eigenvalue weighted by molar-refractivity contribution is 7.09. The average Bonchev–Trinajstić information content (AvgIpc) is 2.52. The number of aryl methyl sites for hydroxylation is 1. The molecule has 0 aromatic carbocycles. The molecule has 0 atom stereocenters. The number of rotatable bonds is 3. The van der Waals surface area contributed by atoms with Gasteiger partial charge in [0.25, 0.3) is 0 Å². The van der Waals surface area contributed by atoms with E-state index in [2.05, 4.69) is 11.9 Å². The maximum absolute atomic E-state index is 10.7. The molecular weight excluding hydrogens is 170 g/mol. The lowest BCUT2D eigenvalue weighted by molar-refractivity contribution is -0.111. The second kappa shape index (κ2) is 3.35. The van der Waals surface area contributed by atoms with E-state index in [1.807, 2.05) is 19.2 Å². The van der Waals surface area contributed by atoms with Gasteiger partial charge in [0.2, 0.25) is 0 Å². The topological polar surface area (TPSA) is 30.0 Å². The van der Waals surface area contributed by atoms with Crippen LogP contribution in [-0.2, 0) is 16.6 Å². The van der Waals surface area contributed by atoms with E-state index in [9.17, 15) is 4.79 Å². The Hall–Kier alpha value is -0.700. The van der Waals surface area contributed by atoms with Crippen molar-refractivity contribution in [3.63, 3.8) is 0 Å². The van der Waals surface area contributed by atoms with Crippen LogP contribution >= 0.6 is 11.3 Å². The first kappa shape index (κ1) is 9.39. The minimum atomic E-state index is -0.427. The highest BCUT2D eigenvalue weighted by atomic mass is 32.1. The minimum Gasteiger partial charge on any atom is -0.302 e. The quantitative estimate of drug-likeness (QED) is 0.672. The molecule has 1 aromatic rings. The molecular formula is C9H13NOS. The summed E-state index contributed by atoms with van der Waals surface area (Å²) in [6.07, 6.45) is 1.89. The summed E-state index contributed by atoms with van der Waals surface area (Å²) in [5.41, 5.74) is 0.462. The SMILES string of the molecule is CCc1nc(C(C)(C)C=O)cs1. The van der Waals surface area contributed by atoms with E-state index in [0.29, 0.717) is 0 Å². The Balaban J connectivity index is 2.95. The Morgan fingerprint density at radius 1 is 1.67 bits per heavy atom. The first-order valence-electron chi connectivity index (χ1n) is 4.01. The second-order valence-electron chi connectivity index (χ2n) is 3.32. The monoisotopic (exact) mass is 183 g/mol. The summed E-state index contributed by atoms with van der Waals surface area (Å²) in [6, 6.07) is 0. The largest absolute Gasteiger partial charge is 0.302 e. The molecule has 0 amide bonds. The normalized spacial score (nSPS) is 11.6. The molecule has 0 aliphatic carbocycles. The molecule has 1 aromatic heterocycles. The van der Waals surface area contributed by atoms with Crippen LogP contribution in [0.2, 0.25) is 0 Å². The summed E-state index contributed by atoms with van der Waals surface area (Å²) in [4.78, 5) is 15.0. The van der Waals surface area contributed by atoms with Gasteiger partial charge in [0.1, 0.15) is 6.29 Å². The fourth-order valence-electron chi connectivity index (χ4n) is 0.830. The molecule has 12 heavy (non-hydrogen) atoms. The van der Waals surface area contributed by atoms with Crippen LogP contribution in [0.3, 0.4) is 0 Å². The predicted molar refractivity (Wildman–Crippen MR) is 50.6 cm³/mol. The van der Waals surface area contributed by atoms with E-state index in [1.165, 1.54) is 0 Å². The van der Waals surface area contributed by atoms with Gasteiger partial charge in [-0.3, -0.25) is 0 Å². The number of hydrogen-bond donors (Lipinski definition) is 0. The van der Waals surface area contributed by atoms with Gasteiger partial charge >= 0.3 is 0 Å². The molecule has 66 valence electrons. The van der Waals surface area contributed by atoms with Gasteiger partial charge < -0.3 is 4.79 Å². The Morgan fingerprint density at radius 3 is 2.75 bits per heavy atom. The molecule has 1 heterocycles. The first-order valence-corrected chi connectivity index (χ1v) is 4.89. The van der Waals surface area contributed by atoms with Crippen molar-refractivity contribution in [1.82, 2.24) is 4.98 Å². The molecule has 0 spiro atoms. The smallest absolute Gasteiger partial charge is 0.131 e. The van der Waals surface area contributed by atoms with Crippen LogP contribution in [0.15, 0.2) is 5.38 Å². The lowest BCUT2D eigenvalue weighted by atomic mass is 9.92. The third-order valence-corrected chi connectivity index (χ3v) is 2.80. The van der Waals surface area contributed by atoms with Crippen molar-refractivity contribution in [3.8, 4) is 0 Å². The number of carbonyl (C=O) groups excluding carboxylic acids is 1.